The van der Waals surface area contributed by atoms with E-state index in [1.165, 1.54) is 36.4 Å². The number of rotatable bonds is 5. The molecule has 2 N–H and O–H groups in total. The zero-order valence-corrected chi connectivity index (χ0v) is 13.1. The van der Waals surface area contributed by atoms with Crippen LogP contribution in [0.25, 0.3) is 0 Å². The molecule has 0 amide bonds. The van der Waals surface area contributed by atoms with Gasteiger partial charge in [-0.05, 0) is 5.56 Å². The molecule has 7 heteroatoms. The van der Waals surface area contributed by atoms with E-state index in [9.17, 15) is 13.2 Å². The minimum absolute atomic E-state index is 0.125. The second kappa shape index (κ2) is 6.37. The summed E-state index contributed by atoms with van der Waals surface area (Å²) < 4.78 is 58.9. The molecule has 1 heterocycles. The van der Waals surface area contributed by atoms with Crippen LogP contribution in [-0.2, 0) is 29.5 Å². The van der Waals surface area contributed by atoms with Crippen molar-refractivity contribution >= 4 is 15.9 Å². The topological polar surface area (TPSA) is 95.7 Å². The first-order valence-corrected chi connectivity index (χ1v) is 8.29. The van der Waals surface area contributed by atoms with Crippen molar-refractivity contribution in [1.29, 1.82) is 0 Å². The van der Waals surface area contributed by atoms with Crippen LogP contribution in [0.2, 0.25) is 0 Å². The van der Waals surface area contributed by atoms with Crippen LogP contribution in [0.15, 0.2) is 72.3 Å². The fourth-order valence-electron chi connectivity index (χ4n) is 2.06. The molecule has 1 aliphatic heterocycles. The Balaban J connectivity index is 1.94. The third-order valence-electron chi connectivity index (χ3n) is 3.09. The third-order valence-corrected chi connectivity index (χ3v) is 3.97. The number of Topliss-reactive ketones (excluding diaryl/α,β-unsaturated/α-hetero) is 1. The molecule has 1 atom stereocenters. The quantitative estimate of drug-likeness (QED) is 0.830. The first kappa shape index (κ1) is 12.6. The van der Waals surface area contributed by atoms with Crippen molar-refractivity contribution in [3.05, 3.63) is 83.4 Å². The van der Waals surface area contributed by atoms with Gasteiger partial charge >= 0.3 is 10.1 Å². The molecule has 124 valence electrons. The van der Waals surface area contributed by atoms with E-state index in [2.05, 4.69) is 0 Å². The molecule has 2 aromatic rings. The van der Waals surface area contributed by atoms with Crippen LogP contribution in [0.5, 0.6) is 0 Å². The monoisotopic (exact) mass is 348 g/mol. The lowest BCUT2D eigenvalue weighted by atomic mass is 10.1. The van der Waals surface area contributed by atoms with Gasteiger partial charge in [0.2, 0.25) is 17.4 Å². The third kappa shape index (κ3) is 3.41. The lowest BCUT2D eigenvalue weighted by Crippen LogP contribution is -2.16. The van der Waals surface area contributed by atoms with Crippen LogP contribution in [0.1, 0.15) is 21.3 Å². The zero-order valence-electron chi connectivity index (χ0n) is 15.3. The van der Waals surface area contributed by atoms with Crippen molar-refractivity contribution in [2.24, 2.45) is 5.73 Å². The molecule has 3 rings (SSSR count). The van der Waals surface area contributed by atoms with E-state index >= 15 is 0 Å². The van der Waals surface area contributed by atoms with E-state index in [1.807, 2.05) is 0 Å². The molecular formula is C17H15NO5S. The normalized spacial score (nSPS) is 23.2. The van der Waals surface area contributed by atoms with Gasteiger partial charge in [-0.3, -0.25) is 4.79 Å². The summed E-state index contributed by atoms with van der Waals surface area (Å²) in [4.78, 5) is 12.6. The van der Waals surface area contributed by atoms with Gasteiger partial charge in [-0.1, -0.05) is 60.7 Å². The SMILES string of the molecule is [2H]C1(c2ccccc2)OC(N)=C(OS(=O)(=O)C([2H])([2H])c2ccccc2)C1=O. The van der Waals surface area contributed by atoms with Crippen LogP contribution in [0.3, 0.4) is 0 Å². The summed E-state index contributed by atoms with van der Waals surface area (Å²) >= 11 is 0. The molecule has 0 radical (unpaired) electrons. The number of nitrogens with two attached hydrogens (primary N) is 1. The highest BCUT2D eigenvalue weighted by Gasteiger charge is 2.39. The van der Waals surface area contributed by atoms with E-state index in [0.29, 0.717) is 0 Å². The van der Waals surface area contributed by atoms with Crippen LogP contribution < -0.4 is 5.73 Å². The van der Waals surface area contributed by atoms with Gasteiger partial charge in [0.1, 0.15) is 5.70 Å². The van der Waals surface area contributed by atoms with Crippen molar-refractivity contribution in [1.82, 2.24) is 0 Å². The molecule has 1 unspecified atom stereocenters. The van der Waals surface area contributed by atoms with E-state index in [-0.39, 0.29) is 11.1 Å². The minimum atomic E-state index is -4.98. The van der Waals surface area contributed by atoms with Crippen molar-refractivity contribution < 1.29 is 26.2 Å². The van der Waals surface area contributed by atoms with Crippen LogP contribution in [0.4, 0.5) is 0 Å². The number of hydrogen-bond acceptors (Lipinski definition) is 6. The predicted octanol–water partition coefficient (Wildman–Crippen LogP) is 2.00. The number of carbonyl (C=O) groups excluding carboxylic acids is 1. The maximum absolute atomic E-state index is 12.6. The van der Waals surface area contributed by atoms with Crippen molar-refractivity contribution in [2.75, 3.05) is 0 Å². The summed E-state index contributed by atoms with van der Waals surface area (Å²) in [6.45, 7) is 0. The van der Waals surface area contributed by atoms with Gasteiger partial charge in [0.25, 0.3) is 0 Å². The van der Waals surface area contributed by atoms with Crippen molar-refractivity contribution in [3.63, 3.8) is 0 Å². The van der Waals surface area contributed by atoms with Crippen LogP contribution in [-0.4, -0.2) is 14.2 Å². The summed E-state index contributed by atoms with van der Waals surface area (Å²) in [7, 11) is -4.98. The van der Waals surface area contributed by atoms with Crippen LogP contribution in [0, 0.1) is 0 Å². The minimum Gasteiger partial charge on any atom is -0.460 e. The van der Waals surface area contributed by atoms with Gasteiger partial charge in [-0.15, -0.1) is 0 Å². The Bertz CT molecular complexity index is 1010. The fourth-order valence-corrected chi connectivity index (χ4v) is 2.90. The molecule has 0 saturated carbocycles. The largest absolute Gasteiger partial charge is 0.460 e. The fraction of sp³-hybridized carbons (Fsp3) is 0.118. The first-order chi connectivity index (χ1) is 12.6. The number of hydrogen-bond donors (Lipinski definition) is 1. The van der Waals surface area contributed by atoms with Gasteiger partial charge in [-0.2, -0.15) is 8.42 Å². The van der Waals surface area contributed by atoms with E-state index in [0.717, 1.165) is 0 Å². The van der Waals surface area contributed by atoms with E-state index in [1.54, 1.807) is 24.3 Å². The highest BCUT2D eigenvalue weighted by molar-refractivity contribution is 7.86. The first-order valence-electron chi connectivity index (χ1n) is 8.38. The van der Waals surface area contributed by atoms with Crippen molar-refractivity contribution in [3.8, 4) is 0 Å². The molecule has 0 fully saturated rings. The van der Waals surface area contributed by atoms with Crippen LogP contribution >= 0.6 is 0 Å². The average Bonchev–Trinajstić information content (AvgIpc) is 2.87. The van der Waals surface area contributed by atoms with Crippen molar-refractivity contribution in [2.45, 2.75) is 11.8 Å². The highest BCUT2D eigenvalue weighted by atomic mass is 32.2. The zero-order chi connectivity index (χ0) is 19.9. The Morgan fingerprint density at radius 1 is 1.12 bits per heavy atom. The second-order valence-electron chi connectivity index (χ2n) is 4.83. The molecule has 0 aliphatic carbocycles. The molecule has 0 aromatic heterocycles. The summed E-state index contributed by atoms with van der Waals surface area (Å²) in [5.41, 5.74) is 2.56. The highest BCUT2D eigenvalue weighted by Crippen LogP contribution is 2.32. The van der Waals surface area contributed by atoms with Gasteiger partial charge < -0.3 is 14.7 Å². The summed E-state index contributed by atoms with van der Waals surface area (Å²) in [6, 6.07) is 14.8. The van der Waals surface area contributed by atoms with Gasteiger partial charge in [0.05, 0.1) is 4.11 Å². The van der Waals surface area contributed by atoms with E-state index in [4.69, 9.17) is 18.8 Å². The molecule has 6 nitrogen and oxygen atoms in total. The number of carbonyl (C=O) groups is 1. The number of benzene rings is 2. The predicted molar refractivity (Wildman–Crippen MR) is 86.6 cm³/mol. The Kier molecular flexibility index (Phi) is 3.34. The number of ether oxygens (including phenoxy) is 1. The molecule has 24 heavy (non-hydrogen) atoms. The maximum atomic E-state index is 12.6. The van der Waals surface area contributed by atoms with Gasteiger partial charge in [0, 0.05) is 5.56 Å². The lowest BCUT2D eigenvalue weighted by Gasteiger charge is -2.09. The average molecular weight is 348 g/mol. The van der Waals surface area contributed by atoms with E-state index < -0.39 is 39.3 Å². The molecule has 1 aliphatic rings. The summed E-state index contributed by atoms with van der Waals surface area (Å²) in [6.07, 6.45) is -2.31. The van der Waals surface area contributed by atoms with Gasteiger partial charge in [0.15, 0.2) is 6.08 Å². The molecule has 2 aromatic carbocycles. The molecule has 0 bridgehead atoms. The maximum Gasteiger partial charge on any atom is 0.313 e. The Morgan fingerprint density at radius 2 is 1.71 bits per heavy atom. The lowest BCUT2D eigenvalue weighted by molar-refractivity contribution is -0.123. The number of ketones is 1. The molecular weight excluding hydrogens is 330 g/mol. The second-order valence-corrected chi connectivity index (χ2v) is 6.10. The molecule has 0 saturated heterocycles. The Morgan fingerprint density at radius 3 is 2.33 bits per heavy atom. The summed E-state index contributed by atoms with van der Waals surface area (Å²) in [5, 5.41) is 0. The Hall–Kier alpha value is -2.80. The smallest absolute Gasteiger partial charge is 0.313 e. The standard InChI is InChI=1S/C17H15NO5S/c18-17-16(14(19)15(22-17)13-9-5-2-6-10-13)23-24(20,21)11-12-7-3-1-4-8-12/h1-10,15H,11,18H2/i11D2,15D. The molecule has 0 spiro atoms. The Labute approximate surface area is 143 Å². The summed E-state index contributed by atoms with van der Waals surface area (Å²) in [5.74, 6) is -2.77. The van der Waals surface area contributed by atoms with Gasteiger partial charge in [-0.25, -0.2) is 0 Å².